The molecule has 0 unspecified atom stereocenters. The van der Waals surface area contributed by atoms with E-state index in [0.29, 0.717) is 5.15 Å². The molecule has 0 bridgehead atoms. The lowest BCUT2D eigenvalue weighted by Crippen LogP contribution is -2.25. The van der Waals surface area contributed by atoms with Crippen molar-refractivity contribution in [3.8, 4) is 5.75 Å². The molecule has 114 valence electrons. The van der Waals surface area contributed by atoms with E-state index in [4.69, 9.17) is 21.4 Å². The Bertz CT molecular complexity index is 604. The third-order valence-electron chi connectivity index (χ3n) is 3.52. The van der Waals surface area contributed by atoms with Crippen molar-refractivity contribution in [1.82, 2.24) is 9.88 Å². The zero-order valence-electron chi connectivity index (χ0n) is 12.5. The van der Waals surface area contributed by atoms with Crippen LogP contribution in [0.5, 0.6) is 5.75 Å². The van der Waals surface area contributed by atoms with Crippen LogP contribution in [0.15, 0.2) is 24.3 Å². The number of benzene rings is 1. The Hall–Kier alpha value is -1.36. The van der Waals surface area contributed by atoms with Crippen molar-refractivity contribution in [2.24, 2.45) is 0 Å². The number of aliphatic hydroxyl groups is 1. The Morgan fingerprint density at radius 3 is 2.81 bits per heavy atom. The molecule has 21 heavy (non-hydrogen) atoms. The summed E-state index contributed by atoms with van der Waals surface area (Å²) in [4.78, 5) is 6.71. The Balaban J connectivity index is 2.25. The first-order chi connectivity index (χ1) is 10.2. The molecule has 0 aliphatic rings. The normalized spacial score (nSPS) is 11.3. The summed E-state index contributed by atoms with van der Waals surface area (Å²) < 4.78 is 5.20. The average molecular weight is 309 g/mol. The first-order valence-corrected chi connectivity index (χ1v) is 7.52. The summed E-state index contributed by atoms with van der Waals surface area (Å²) in [5.41, 5.74) is 1.84. The number of aliphatic hydroxyl groups excluding tert-OH is 1. The minimum atomic E-state index is 0.208. The molecule has 1 aromatic carbocycles. The molecule has 0 amide bonds. The second-order valence-corrected chi connectivity index (χ2v) is 5.30. The second kappa shape index (κ2) is 7.59. The van der Waals surface area contributed by atoms with Gasteiger partial charge in [0, 0.05) is 36.7 Å². The first-order valence-electron chi connectivity index (χ1n) is 7.14. The van der Waals surface area contributed by atoms with Gasteiger partial charge in [-0.3, -0.25) is 4.90 Å². The average Bonchev–Trinajstić information content (AvgIpc) is 2.51. The van der Waals surface area contributed by atoms with E-state index in [-0.39, 0.29) is 6.61 Å². The fourth-order valence-corrected chi connectivity index (χ4v) is 2.49. The lowest BCUT2D eigenvalue weighted by Gasteiger charge is -2.20. The summed E-state index contributed by atoms with van der Waals surface area (Å²) in [5.74, 6) is 0.775. The van der Waals surface area contributed by atoms with Crippen LogP contribution in [0.3, 0.4) is 0 Å². The van der Waals surface area contributed by atoms with Crippen LogP contribution in [-0.4, -0.2) is 41.8 Å². The van der Waals surface area contributed by atoms with Gasteiger partial charge in [-0.15, -0.1) is 0 Å². The molecule has 0 radical (unpaired) electrons. The van der Waals surface area contributed by atoms with Gasteiger partial charge in [-0.1, -0.05) is 18.5 Å². The van der Waals surface area contributed by atoms with E-state index in [9.17, 15) is 0 Å². The van der Waals surface area contributed by atoms with Crippen LogP contribution in [0, 0.1) is 0 Å². The van der Waals surface area contributed by atoms with Crippen LogP contribution in [0.25, 0.3) is 10.9 Å². The molecular weight excluding hydrogens is 288 g/mol. The van der Waals surface area contributed by atoms with Gasteiger partial charge in [0.25, 0.3) is 0 Å². The molecule has 2 rings (SSSR count). The molecule has 0 saturated carbocycles. The molecule has 0 atom stereocenters. The van der Waals surface area contributed by atoms with Gasteiger partial charge in [-0.25, -0.2) is 4.98 Å². The molecular formula is C16H21ClN2O2. The molecule has 1 N–H and O–H groups in total. The molecule has 0 saturated heterocycles. The monoisotopic (exact) mass is 308 g/mol. The molecule has 0 aliphatic heterocycles. The summed E-state index contributed by atoms with van der Waals surface area (Å²) in [7, 11) is 1.64. The van der Waals surface area contributed by atoms with Crippen LogP contribution in [0.2, 0.25) is 5.15 Å². The van der Waals surface area contributed by atoms with Crippen LogP contribution >= 0.6 is 11.6 Å². The maximum absolute atomic E-state index is 8.95. The third kappa shape index (κ3) is 4.06. The van der Waals surface area contributed by atoms with E-state index < -0.39 is 0 Å². The number of methoxy groups -OCH3 is 1. The Morgan fingerprint density at radius 1 is 1.33 bits per heavy atom. The number of nitrogens with zero attached hydrogens (tertiary/aromatic N) is 2. The van der Waals surface area contributed by atoms with E-state index in [1.165, 1.54) is 0 Å². The van der Waals surface area contributed by atoms with E-state index >= 15 is 0 Å². The number of halogens is 1. The summed E-state index contributed by atoms with van der Waals surface area (Å²) in [6.07, 6.45) is 0.768. The topological polar surface area (TPSA) is 45.6 Å². The highest BCUT2D eigenvalue weighted by molar-refractivity contribution is 6.30. The summed E-state index contributed by atoms with van der Waals surface area (Å²) in [5, 5.41) is 10.5. The van der Waals surface area contributed by atoms with Crippen molar-refractivity contribution in [3.05, 3.63) is 35.0 Å². The number of rotatable bonds is 7. The highest BCUT2D eigenvalue weighted by Crippen LogP contribution is 2.25. The highest BCUT2D eigenvalue weighted by atomic mass is 35.5. The Kier molecular flexibility index (Phi) is 5.79. The van der Waals surface area contributed by atoms with Gasteiger partial charge in [-0.2, -0.15) is 0 Å². The lowest BCUT2D eigenvalue weighted by molar-refractivity contribution is 0.225. The molecule has 0 fully saturated rings. The number of pyridine rings is 1. The molecule has 0 aliphatic carbocycles. The smallest absolute Gasteiger partial charge is 0.134 e. The Morgan fingerprint density at radius 2 is 2.14 bits per heavy atom. The minimum absolute atomic E-state index is 0.208. The highest BCUT2D eigenvalue weighted by Gasteiger charge is 2.10. The van der Waals surface area contributed by atoms with Crippen LogP contribution in [0.1, 0.15) is 18.9 Å². The molecule has 0 spiro atoms. The van der Waals surface area contributed by atoms with Gasteiger partial charge < -0.3 is 9.84 Å². The van der Waals surface area contributed by atoms with Gasteiger partial charge in [0.1, 0.15) is 10.9 Å². The van der Waals surface area contributed by atoms with Crippen LogP contribution in [0.4, 0.5) is 0 Å². The molecule has 2 aromatic rings. The number of ether oxygens (including phenoxy) is 1. The largest absolute Gasteiger partial charge is 0.497 e. The SMILES string of the molecule is CCN(CCCO)Cc1cc2ccc(OC)cc2nc1Cl. The first kappa shape index (κ1) is 16.0. The van der Waals surface area contributed by atoms with E-state index in [0.717, 1.165) is 48.3 Å². The standard InChI is InChI=1S/C16H21ClN2O2/c1-3-19(7-4-8-20)11-13-9-12-5-6-14(21-2)10-15(12)18-16(13)17/h5-6,9-10,20H,3-4,7-8,11H2,1-2H3. The Labute approximate surface area is 130 Å². The lowest BCUT2D eigenvalue weighted by atomic mass is 10.1. The number of hydrogen-bond acceptors (Lipinski definition) is 4. The summed E-state index contributed by atoms with van der Waals surface area (Å²) >= 11 is 6.31. The zero-order valence-corrected chi connectivity index (χ0v) is 13.2. The summed E-state index contributed by atoms with van der Waals surface area (Å²) in [6, 6.07) is 7.87. The number of fused-ring (bicyclic) bond motifs is 1. The van der Waals surface area contributed by atoms with Gasteiger partial charge in [0.2, 0.25) is 0 Å². The van der Waals surface area contributed by atoms with Crippen molar-refractivity contribution in [2.45, 2.75) is 19.9 Å². The van der Waals surface area contributed by atoms with Crippen molar-refractivity contribution in [3.63, 3.8) is 0 Å². The van der Waals surface area contributed by atoms with Gasteiger partial charge >= 0.3 is 0 Å². The molecule has 1 aromatic heterocycles. The molecule has 4 nitrogen and oxygen atoms in total. The van der Waals surface area contributed by atoms with Crippen molar-refractivity contribution < 1.29 is 9.84 Å². The quantitative estimate of drug-likeness (QED) is 0.798. The maximum atomic E-state index is 8.95. The van der Waals surface area contributed by atoms with E-state index in [2.05, 4.69) is 22.9 Å². The van der Waals surface area contributed by atoms with E-state index in [1.807, 2.05) is 18.2 Å². The van der Waals surface area contributed by atoms with Crippen molar-refractivity contribution >= 4 is 22.5 Å². The second-order valence-electron chi connectivity index (χ2n) is 4.94. The molecule has 1 heterocycles. The number of hydrogen-bond donors (Lipinski definition) is 1. The van der Waals surface area contributed by atoms with Crippen molar-refractivity contribution in [2.75, 3.05) is 26.8 Å². The van der Waals surface area contributed by atoms with E-state index in [1.54, 1.807) is 7.11 Å². The van der Waals surface area contributed by atoms with Crippen LogP contribution < -0.4 is 4.74 Å². The fourth-order valence-electron chi connectivity index (χ4n) is 2.29. The maximum Gasteiger partial charge on any atom is 0.134 e. The van der Waals surface area contributed by atoms with Crippen molar-refractivity contribution in [1.29, 1.82) is 0 Å². The fraction of sp³-hybridized carbons (Fsp3) is 0.438. The van der Waals surface area contributed by atoms with Gasteiger partial charge in [0.05, 0.1) is 12.6 Å². The van der Waals surface area contributed by atoms with Gasteiger partial charge in [0.15, 0.2) is 0 Å². The van der Waals surface area contributed by atoms with Gasteiger partial charge in [-0.05, 0) is 31.2 Å². The predicted octanol–water partition coefficient (Wildman–Crippen LogP) is 3.10. The third-order valence-corrected chi connectivity index (χ3v) is 3.85. The minimum Gasteiger partial charge on any atom is -0.497 e. The zero-order chi connectivity index (χ0) is 15.2. The predicted molar refractivity (Wildman–Crippen MR) is 86.0 cm³/mol. The summed E-state index contributed by atoms with van der Waals surface area (Å²) in [6.45, 7) is 4.82. The number of aromatic nitrogens is 1. The molecule has 5 heteroatoms. The van der Waals surface area contributed by atoms with Crippen LogP contribution in [-0.2, 0) is 6.54 Å².